The number of benzene rings is 1. The van der Waals surface area contributed by atoms with Crippen molar-refractivity contribution in [2.24, 2.45) is 0 Å². The summed E-state index contributed by atoms with van der Waals surface area (Å²) in [5.41, 5.74) is 2.74. The van der Waals surface area contributed by atoms with Gasteiger partial charge in [-0.05, 0) is 82.3 Å². The molecule has 1 aliphatic heterocycles. The van der Waals surface area contributed by atoms with Gasteiger partial charge in [-0.15, -0.1) is 0 Å². The van der Waals surface area contributed by atoms with Crippen LogP contribution in [0.4, 0.5) is 0 Å². The summed E-state index contributed by atoms with van der Waals surface area (Å²) in [6, 6.07) is 4.32. The third-order valence-corrected chi connectivity index (χ3v) is 10.6. The maximum atomic E-state index is 6.53. The van der Waals surface area contributed by atoms with Gasteiger partial charge in [0.05, 0.1) is 11.2 Å². The van der Waals surface area contributed by atoms with Gasteiger partial charge in [-0.25, -0.2) is 0 Å². The second kappa shape index (κ2) is 6.14. The van der Waals surface area contributed by atoms with Gasteiger partial charge < -0.3 is 13.7 Å². The second-order valence-electron chi connectivity index (χ2n) is 9.92. The van der Waals surface area contributed by atoms with Crippen LogP contribution in [0.25, 0.3) is 0 Å². The van der Waals surface area contributed by atoms with Gasteiger partial charge in [0.15, 0.2) is 0 Å². The molecule has 5 heteroatoms. The van der Waals surface area contributed by atoms with Crippen LogP contribution >= 0.6 is 0 Å². The van der Waals surface area contributed by atoms with Crippen LogP contribution in [-0.2, 0) is 9.31 Å². The van der Waals surface area contributed by atoms with Crippen LogP contribution in [-0.4, -0.2) is 26.6 Å². The molecule has 0 atom stereocenters. The van der Waals surface area contributed by atoms with Crippen molar-refractivity contribution in [3.63, 3.8) is 0 Å². The van der Waals surface area contributed by atoms with Crippen molar-refractivity contribution in [1.82, 2.24) is 0 Å². The van der Waals surface area contributed by atoms with Crippen molar-refractivity contribution < 1.29 is 13.7 Å². The summed E-state index contributed by atoms with van der Waals surface area (Å²) in [5, 5.41) is 0.178. The lowest BCUT2D eigenvalue weighted by Crippen LogP contribution is -2.44. The maximum Gasteiger partial charge on any atom is 0.495 e. The first-order chi connectivity index (χ1) is 11.1. The fraction of sp³-hybridized carbons (Fsp3) is 0.700. The van der Waals surface area contributed by atoms with E-state index in [1.807, 2.05) is 0 Å². The zero-order valence-corrected chi connectivity index (χ0v) is 19.0. The molecule has 1 aliphatic rings. The Labute approximate surface area is 155 Å². The molecule has 140 valence electrons. The molecule has 0 aromatic heterocycles. The Bertz CT molecular complexity index is 644. The summed E-state index contributed by atoms with van der Waals surface area (Å²) < 4.78 is 19.0. The van der Waals surface area contributed by atoms with E-state index in [0.717, 1.165) is 22.3 Å². The minimum absolute atomic E-state index is 0.178. The Morgan fingerprint density at radius 1 is 0.920 bits per heavy atom. The number of rotatable bonds is 3. The van der Waals surface area contributed by atoms with Gasteiger partial charge in [-0.2, -0.15) is 0 Å². The number of hydrogen-bond donors (Lipinski definition) is 0. The highest BCUT2D eigenvalue weighted by Gasteiger charge is 2.52. The fourth-order valence-electron chi connectivity index (χ4n) is 2.57. The van der Waals surface area contributed by atoms with Crippen molar-refractivity contribution in [3.05, 3.63) is 23.3 Å². The molecule has 0 bridgehead atoms. The predicted molar refractivity (Wildman–Crippen MR) is 109 cm³/mol. The van der Waals surface area contributed by atoms with Gasteiger partial charge in [-0.1, -0.05) is 26.8 Å². The van der Waals surface area contributed by atoms with Gasteiger partial charge in [-0.3, -0.25) is 0 Å². The van der Waals surface area contributed by atoms with E-state index in [4.69, 9.17) is 13.7 Å². The molecule has 1 fully saturated rings. The minimum atomic E-state index is -1.86. The summed E-state index contributed by atoms with van der Waals surface area (Å²) >= 11 is 0. The molecular formula is C20H35BO3Si. The summed E-state index contributed by atoms with van der Waals surface area (Å²) in [6.07, 6.45) is 0. The normalized spacial score (nSPS) is 20.0. The molecule has 25 heavy (non-hydrogen) atoms. The van der Waals surface area contributed by atoms with Crippen molar-refractivity contribution in [2.45, 2.75) is 91.6 Å². The van der Waals surface area contributed by atoms with Crippen molar-refractivity contribution in [2.75, 3.05) is 0 Å². The highest BCUT2D eigenvalue weighted by Crippen LogP contribution is 2.39. The molecule has 0 aliphatic carbocycles. The van der Waals surface area contributed by atoms with Crippen LogP contribution in [0.2, 0.25) is 18.1 Å². The molecule has 0 amide bonds. The van der Waals surface area contributed by atoms with Crippen molar-refractivity contribution in [1.29, 1.82) is 0 Å². The molecule has 0 saturated carbocycles. The molecule has 2 rings (SSSR count). The topological polar surface area (TPSA) is 27.7 Å². The third-order valence-electron chi connectivity index (χ3n) is 6.24. The Balaban J connectivity index is 2.33. The van der Waals surface area contributed by atoms with Crippen LogP contribution < -0.4 is 9.89 Å². The second-order valence-corrected chi connectivity index (χ2v) is 14.6. The lowest BCUT2D eigenvalue weighted by atomic mass is 9.75. The largest absolute Gasteiger partial charge is 0.543 e. The molecular weight excluding hydrogens is 327 g/mol. The fourth-order valence-corrected chi connectivity index (χ4v) is 3.65. The van der Waals surface area contributed by atoms with E-state index in [1.165, 1.54) is 0 Å². The zero-order valence-electron chi connectivity index (χ0n) is 18.0. The van der Waals surface area contributed by atoms with Crippen LogP contribution in [0, 0.1) is 13.8 Å². The summed E-state index contributed by atoms with van der Waals surface area (Å²) in [4.78, 5) is 0. The van der Waals surface area contributed by atoms with Gasteiger partial charge in [0.1, 0.15) is 5.75 Å². The van der Waals surface area contributed by atoms with E-state index in [9.17, 15) is 0 Å². The Morgan fingerprint density at radius 3 is 1.84 bits per heavy atom. The molecule has 1 aromatic rings. The van der Waals surface area contributed by atoms with Crippen molar-refractivity contribution >= 4 is 20.9 Å². The standard InChI is InChI=1S/C20H35BO3Si/c1-14-13-17(22-25(10,11)18(3,4)5)15(2)12-16(14)21-23-19(6,7)20(8,9)24-21/h12-13H,1-11H3. The van der Waals surface area contributed by atoms with Crippen LogP contribution in [0.3, 0.4) is 0 Å². The number of hydrogen-bond acceptors (Lipinski definition) is 3. The first kappa shape index (κ1) is 20.5. The van der Waals surface area contributed by atoms with Crippen LogP contribution in [0.15, 0.2) is 12.1 Å². The minimum Gasteiger partial charge on any atom is -0.543 e. The quantitative estimate of drug-likeness (QED) is 0.709. The SMILES string of the molecule is Cc1cc(B2OC(C)(C)C(C)(C)O2)c(C)cc1O[Si](C)(C)C(C)(C)C. The lowest BCUT2D eigenvalue weighted by molar-refractivity contribution is 0.00578. The number of aryl methyl sites for hydroxylation is 2. The Kier molecular flexibility index (Phi) is 5.04. The van der Waals surface area contributed by atoms with Gasteiger partial charge in [0, 0.05) is 0 Å². The predicted octanol–water partition coefficient (Wildman–Crippen LogP) is 4.99. The third kappa shape index (κ3) is 3.83. The average Bonchev–Trinajstić information content (AvgIpc) is 2.60. The highest BCUT2D eigenvalue weighted by atomic mass is 28.4. The van der Waals surface area contributed by atoms with Crippen molar-refractivity contribution in [3.8, 4) is 5.75 Å². The van der Waals surface area contributed by atoms with Gasteiger partial charge in [0.2, 0.25) is 8.32 Å². The van der Waals surface area contributed by atoms with Crippen LogP contribution in [0.1, 0.15) is 59.6 Å². The molecule has 0 spiro atoms. The molecule has 1 heterocycles. The van der Waals surface area contributed by atoms with E-state index in [1.54, 1.807) is 0 Å². The smallest absolute Gasteiger partial charge is 0.495 e. The van der Waals surface area contributed by atoms with E-state index >= 15 is 0 Å². The molecule has 0 radical (unpaired) electrons. The molecule has 1 saturated heterocycles. The first-order valence-electron chi connectivity index (χ1n) is 9.23. The Hall–Kier alpha value is -0.778. The Morgan fingerprint density at radius 2 is 1.40 bits per heavy atom. The van der Waals surface area contributed by atoms with E-state index in [2.05, 4.69) is 87.5 Å². The molecule has 0 N–H and O–H groups in total. The average molecular weight is 362 g/mol. The molecule has 3 nitrogen and oxygen atoms in total. The molecule has 1 aromatic carbocycles. The maximum absolute atomic E-state index is 6.53. The molecule has 0 unspecified atom stereocenters. The summed E-state index contributed by atoms with van der Waals surface area (Å²) in [7, 11) is -2.19. The van der Waals surface area contributed by atoms with Gasteiger partial charge >= 0.3 is 7.12 Å². The summed E-state index contributed by atoms with van der Waals surface area (Å²) in [5.74, 6) is 0.990. The summed E-state index contributed by atoms with van der Waals surface area (Å²) in [6.45, 7) is 23.9. The van der Waals surface area contributed by atoms with Gasteiger partial charge in [0.25, 0.3) is 0 Å². The lowest BCUT2D eigenvalue weighted by Gasteiger charge is -2.37. The first-order valence-corrected chi connectivity index (χ1v) is 12.1. The van der Waals surface area contributed by atoms with Crippen LogP contribution in [0.5, 0.6) is 5.75 Å². The monoisotopic (exact) mass is 362 g/mol. The van der Waals surface area contributed by atoms with E-state index in [0.29, 0.717) is 0 Å². The van der Waals surface area contributed by atoms with E-state index < -0.39 is 8.32 Å². The highest BCUT2D eigenvalue weighted by molar-refractivity contribution is 6.74. The van der Waals surface area contributed by atoms with E-state index in [-0.39, 0.29) is 23.4 Å². The zero-order chi connectivity index (χ0) is 19.4.